The Balaban J connectivity index is 1.34. The van der Waals surface area contributed by atoms with Gasteiger partial charge in [0.1, 0.15) is 11.4 Å². The van der Waals surface area contributed by atoms with Crippen molar-refractivity contribution in [2.75, 3.05) is 6.54 Å². The molecule has 2 aromatic carbocycles. The lowest BCUT2D eigenvalue weighted by atomic mass is 10.0. The third-order valence-corrected chi connectivity index (χ3v) is 7.88. The van der Waals surface area contributed by atoms with E-state index in [1.807, 2.05) is 74.0 Å². The summed E-state index contributed by atoms with van der Waals surface area (Å²) in [4.78, 5) is 37.2. The highest BCUT2D eigenvalue weighted by Crippen LogP contribution is 2.30. The number of amides is 2. The summed E-state index contributed by atoms with van der Waals surface area (Å²) in [5, 5.41) is 8.90. The second kappa shape index (κ2) is 11.1. The van der Waals surface area contributed by atoms with Crippen LogP contribution in [0.5, 0.6) is 0 Å². The number of carbonyl (C=O) groups excluding carboxylic acids is 2. The molecule has 2 amide bonds. The molecule has 5 rings (SSSR count). The molecule has 9 heteroatoms. The monoisotopic (exact) mass is 529 g/mol. The normalized spacial score (nSPS) is 11.9. The second-order valence-corrected chi connectivity index (χ2v) is 10.9. The third kappa shape index (κ3) is 5.63. The van der Waals surface area contributed by atoms with Crippen molar-refractivity contribution in [1.82, 2.24) is 25.0 Å². The van der Waals surface area contributed by atoms with Gasteiger partial charge in [0.05, 0.1) is 15.6 Å². The van der Waals surface area contributed by atoms with Gasteiger partial charge in [-0.3, -0.25) is 14.0 Å². The molecule has 0 unspecified atom stereocenters. The minimum absolute atomic E-state index is 0.211. The summed E-state index contributed by atoms with van der Waals surface area (Å²) in [6, 6.07) is 19.7. The van der Waals surface area contributed by atoms with Crippen molar-refractivity contribution < 1.29 is 9.59 Å². The van der Waals surface area contributed by atoms with Crippen LogP contribution in [-0.2, 0) is 6.42 Å². The Hall–Kier alpha value is -3.82. The number of carbonyl (C=O) groups is 2. The van der Waals surface area contributed by atoms with Crippen LogP contribution in [0.15, 0.2) is 72.2 Å². The molecule has 1 atom stereocenters. The van der Waals surface area contributed by atoms with Crippen molar-refractivity contribution in [2.45, 2.75) is 32.7 Å². The number of benzene rings is 2. The van der Waals surface area contributed by atoms with Crippen LogP contribution < -0.4 is 10.6 Å². The Kier molecular flexibility index (Phi) is 7.43. The summed E-state index contributed by atoms with van der Waals surface area (Å²) in [6.07, 6.45) is 3.28. The van der Waals surface area contributed by atoms with Crippen molar-refractivity contribution in [2.24, 2.45) is 0 Å². The minimum Gasteiger partial charge on any atom is -0.349 e. The van der Waals surface area contributed by atoms with Gasteiger partial charge in [0, 0.05) is 24.2 Å². The lowest BCUT2D eigenvalue weighted by Crippen LogP contribution is -2.44. The van der Waals surface area contributed by atoms with Crippen LogP contribution in [0.2, 0.25) is 0 Å². The molecule has 0 fully saturated rings. The van der Waals surface area contributed by atoms with E-state index in [1.165, 1.54) is 28.2 Å². The molecule has 3 heterocycles. The lowest BCUT2D eigenvalue weighted by Gasteiger charge is -2.19. The highest BCUT2D eigenvalue weighted by atomic mass is 32.1. The molecule has 2 N–H and O–H groups in total. The molecule has 0 aliphatic heterocycles. The van der Waals surface area contributed by atoms with Crippen molar-refractivity contribution >= 4 is 39.4 Å². The summed E-state index contributed by atoms with van der Waals surface area (Å²) >= 11 is 2.99. The first-order chi connectivity index (χ1) is 18.0. The number of imidazole rings is 1. The SMILES string of the molecule is Cc1nc(C(=O)N[C@@H](CCc2ccccc2)CNC(=O)c2c(C)nc3sccn23)c(-c2ccccc2)s1. The Labute approximate surface area is 223 Å². The summed E-state index contributed by atoms with van der Waals surface area (Å²) in [5.74, 6) is -0.451. The van der Waals surface area contributed by atoms with Crippen molar-refractivity contribution in [3.05, 3.63) is 99.9 Å². The fraction of sp³-hybridized carbons (Fsp3) is 0.214. The highest BCUT2D eigenvalue weighted by Gasteiger charge is 2.23. The summed E-state index contributed by atoms with van der Waals surface area (Å²) in [7, 11) is 0. The zero-order valence-electron chi connectivity index (χ0n) is 20.6. The molecule has 7 nitrogen and oxygen atoms in total. The average Bonchev–Trinajstić information content (AvgIpc) is 3.60. The van der Waals surface area contributed by atoms with Gasteiger partial charge < -0.3 is 10.6 Å². The van der Waals surface area contributed by atoms with Crippen molar-refractivity contribution in [1.29, 1.82) is 0 Å². The van der Waals surface area contributed by atoms with Crippen LogP contribution in [0, 0.1) is 13.8 Å². The van der Waals surface area contributed by atoms with Crippen LogP contribution >= 0.6 is 22.7 Å². The molecule has 37 heavy (non-hydrogen) atoms. The minimum atomic E-state index is -0.284. The van der Waals surface area contributed by atoms with Gasteiger partial charge in [0.15, 0.2) is 4.96 Å². The molecule has 0 saturated carbocycles. The van der Waals surface area contributed by atoms with E-state index in [2.05, 4.69) is 32.7 Å². The van der Waals surface area contributed by atoms with Gasteiger partial charge in [0.25, 0.3) is 11.8 Å². The second-order valence-electron chi connectivity index (χ2n) is 8.78. The number of hydrogen-bond donors (Lipinski definition) is 2. The fourth-order valence-corrected chi connectivity index (χ4v) is 5.98. The summed E-state index contributed by atoms with van der Waals surface area (Å²) in [5.41, 5.74) is 3.75. The molecule has 3 aromatic heterocycles. The van der Waals surface area contributed by atoms with Gasteiger partial charge in [-0.05, 0) is 37.8 Å². The van der Waals surface area contributed by atoms with E-state index in [1.54, 1.807) is 4.40 Å². The van der Waals surface area contributed by atoms with E-state index in [9.17, 15) is 9.59 Å². The standard InChI is InChI=1S/C28H27N5O2S2/c1-18-24(33-15-16-36-28(33)30-18)27(35)29-17-22(14-13-20-9-5-3-6-10-20)32-26(34)23-25(37-19(2)31-23)21-11-7-4-8-12-21/h3-12,15-16,22H,13-14,17H2,1-2H3,(H,29,35)(H,32,34)/t22-/m0/s1. The van der Waals surface area contributed by atoms with Crippen molar-refractivity contribution in [3.63, 3.8) is 0 Å². The largest absolute Gasteiger partial charge is 0.349 e. The Bertz CT molecular complexity index is 1520. The van der Waals surface area contributed by atoms with Crippen LogP contribution in [-0.4, -0.2) is 38.8 Å². The first-order valence-electron chi connectivity index (χ1n) is 12.1. The van der Waals surface area contributed by atoms with Crippen LogP contribution in [0.4, 0.5) is 0 Å². The third-order valence-electron chi connectivity index (χ3n) is 6.11. The van der Waals surface area contributed by atoms with E-state index in [0.717, 1.165) is 26.8 Å². The topological polar surface area (TPSA) is 88.4 Å². The van der Waals surface area contributed by atoms with Gasteiger partial charge in [0.2, 0.25) is 0 Å². The maximum atomic E-state index is 13.4. The Morgan fingerprint density at radius 3 is 2.46 bits per heavy atom. The molecular formula is C28H27N5O2S2. The lowest BCUT2D eigenvalue weighted by molar-refractivity contribution is 0.0901. The summed E-state index contributed by atoms with van der Waals surface area (Å²) < 4.78 is 1.80. The molecule has 0 bridgehead atoms. The van der Waals surface area contributed by atoms with Crippen molar-refractivity contribution in [3.8, 4) is 10.4 Å². The molecule has 0 aliphatic carbocycles. The molecule has 0 spiro atoms. The predicted molar refractivity (Wildman–Crippen MR) is 148 cm³/mol. The maximum absolute atomic E-state index is 13.4. The molecular weight excluding hydrogens is 502 g/mol. The number of nitrogens with one attached hydrogen (secondary N) is 2. The number of rotatable bonds is 9. The van der Waals surface area contributed by atoms with E-state index in [-0.39, 0.29) is 24.4 Å². The van der Waals surface area contributed by atoms with Crippen LogP contribution in [0.25, 0.3) is 15.4 Å². The molecule has 188 valence electrons. The molecule has 0 radical (unpaired) electrons. The number of aryl methyl sites for hydroxylation is 3. The van der Waals surface area contributed by atoms with Gasteiger partial charge in [-0.15, -0.1) is 22.7 Å². The maximum Gasteiger partial charge on any atom is 0.271 e. The fourth-order valence-electron chi connectivity index (χ4n) is 4.30. The first-order valence-corrected chi connectivity index (χ1v) is 13.8. The van der Waals surface area contributed by atoms with Gasteiger partial charge in [-0.2, -0.15) is 0 Å². The van der Waals surface area contributed by atoms with E-state index >= 15 is 0 Å². The predicted octanol–water partition coefficient (Wildman–Crippen LogP) is 5.30. The number of thiazole rings is 2. The first kappa shape index (κ1) is 24.9. The zero-order chi connectivity index (χ0) is 25.8. The molecule has 0 aliphatic rings. The van der Waals surface area contributed by atoms with E-state index < -0.39 is 0 Å². The number of aromatic nitrogens is 3. The quantitative estimate of drug-likeness (QED) is 0.271. The molecule has 0 saturated heterocycles. The zero-order valence-corrected chi connectivity index (χ0v) is 22.2. The van der Waals surface area contributed by atoms with Gasteiger partial charge in [-0.1, -0.05) is 60.7 Å². The van der Waals surface area contributed by atoms with E-state index in [4.69, 9.17) is 0 Å². The smallest absolute Gasteiger partial charge is 0.271 e. The average molecular weight is 530 g/mol. The number of hydrogen-bond acceptors (Lipinski definition) is 6. The van der Waals surface area contributed by atoms with Gasteiger partial charge in [-0.25, -0.2) is 9.97 Å². The molecule has 5 aromatic rings. The number of nitrogens with zero attached hydrogens (tertiary/aromatic N) is 3. The highest BCUT2D eigenvalue weighted by molar-refractivity contribution is 7.15. The van der Waals surface area contributed by atoms with Crippen LogP contribution in [0.1, 0.15) is 43.7 Å². The number of fused-ring (bicyclic) bond motifs is 1. The van der Waals surface area contributed by atoms with Crippen LogP contribution in [0.3, 0.4) is 0 Å². The van der Waals surface area contributed by atoms with E-state index in [0.29, 0.717) is 23.5 Å². The summed E-state index contributed by atoms with van der Waals surface area (Å²) in [6.45, 7) is 4.02. The van der Waals surface area contributed by atoms with Gasteiger partial charge >= 0.3 is 0 Å². The Morgan fingerprint density at radius 1 is 0.973 bits per heavy atom. The Morgan fingerprint density at radius 2 is 1.70 bits per heavy atom.